The second-order valence-corrected chi connectivity index (χ2v) is 10.2. The number of benzene rings is 3. The Labute approximate surface area is 178 Å². The van der Waals surface area contributed by atoms with Crippen molar-refractivity contribution < 1.29 is 13.6 Å². The van der Waals surface area contributed by atoms with Crippen molar-refractivity contribution in [3.05, 3.63) is 88.0 Å². The zero-order valence-corrected chi connectivity index (χ0v) is 19.5. The predicted molar refractivity (Wildman–Crippen MR) is 124 cm³/mol. The number of rotatable bonds is 6. The van der Waals surface area contributed by atoms with Crippen molar-refractivity contribution in [3.63, 3.8) is 0 Å². The van der Waals surface area contributed by atoms with Crippen LogP contribution in [0.2, 0.25) is 0 Å². The van der Waals surface area contributed by atoms with Crippen LogP contribution in [0.4, 0.5) is 0 Å². The highest BCUT2D eigenvalue weighted by atomic mass is 32.5. The normalized spacial score (nSPS) is 11.2. The van der Waals surface area contributed by atoms with E-state index in [1.807, 2.05) is 96.1 Å². The van der Waals surface area contributed by atoms with Crippen molar-refractivity contribution in [2.45, 2.75) is 41.5 Å². The Bertz CT molecular complexity index is 894. The predicted octanol–water partition coefficient (Wildman–Crippen LogP) is 7.30. The minimum absolute atomic E-state index is 0.716. The summed E-state index contributed by atoms with van der Waals surface area (Å²) in [4.78, 5) is 0. The SMILES string of the molecule is Cc1cccc(C)c1OP(=S)(Oc1c(C)cccc1C)Oc1c(C)cccc1C. The molecule has 0 atom stereocenters. The standard InChI is InChI=1S/C24H27O3PS/c1-16-10-7-11-17(2)22(16)25-28(29,26-23-18(3)12-8-13-19(23)4)27-24-20(5)14-9-15-21(24)6/h7-15H,1-6H3. The van der Waals surface area contributed by atoms with E-state index in [0.29, 0.717) is 17.2 Å². The maximum Gasteiger partial charge on any atom is 0.490 e. The lowest BCUT2D eigenvalue weighted by atomic mass is 10.1. The maximum absolute atomic E-state index is 6.37. The van der Waals surface area contributed by atoms with E-state index in [0.717, 1.165) is 33.4 Å². The molecule has 0 aliphatic heterocycles. The molecule has 0 bridgehead atoms. The van der Waals surface area contributed by atoms with Gasteiger partial charge in [-0.1, -0.05) is 54.6 Å². The van der Waals surface area contributed by atoms with Crippen molar-refractivity contribution in [2.75, 3.05) is 0 Å². The first-order valence-corrected chi connectivity index (χ1v) is 12.1. The van der Waals surface area contributed by atoms with E-state index < -0.39 is 6.72 Å². The van der Waals surface area contributed by atoms with E-state index >= 15 is 0 Å². The Morgan fingerprint density at radius 3 is 0.897 bits per heavy atom. The molecule has 0 spiro atoms. The van der Waals surface area contributed by atoms with Gasteiger partial charge in [0.05, 0.1) is 0 Å². The third-order valence-corrected chi connectivity index (χ3v) is 6.72. The summed E-state index contributed by atoms with van der Waals surface area (Å²) in [6.07, 6.45) is 0. The van der Waals surface area contributed by atoms with Crippen molar-refractivity contribution in [2.24, 2.45) is 0 Å². The highest BCUT2D eigenvalue weighted by molar-refractivity contribution is 8.08. The minimum Gasteiger partial charge on any atom is -0.407 e. The average Bonchev–Trinajstić information content (AvgIpc) is 2.65. The summed E-state index contributed by atoms with van der Waals surface area (Å²) in [5, 5.41) is 0. The zero-order chi connectivity index (χ0) is 21.2. The van der Waals surface area contributed by atoms with Crippen molar-refractivity contribution >= 4 is 18.5 Å². The van der Waals surface area contributed by atoms with Gasteiger partial charge in [-0.25, -0.2) is 0 Å². The molecule has 0 aliphatic rings. The van der Waals surface area contributed by atoms with E-state index in [4.69, 9.17) is 25.4 Å². The van der Waals surface area contributed by atoms with Gasteiger partial charge in [-0.3, -0.25) is 0 Å². The first-order chi connectivity index (χ1) is 13.7. The monoisotopic (exact) mass is 426 g/mol. The van der Waals surface area contributed by atoms with Crippen LogP contribution in [0, 0.1) is 41.5 Å². The average molecular weight is 427 g/mol. The molecule has 3 aromatic rings. The van der Waals surface area contributed by atoms with Crippen LogP contribution in [-0.2, 0) is 11.8 Å². The van der Waals surface area contributed by atoms with Crippen molar-refractivity contribution in [3.8, 4) is 17.2 Å². The van der Waals surface area contributed by atoms with Crippen molar-refractivity contribution in [1.82, 2.24) is 0 Å². The summed E-state index contributed by atoms with van der Waals surface area (Å²) >= 11 is 5.95. The van der Waals surface area contributed by atoms with Crippen LogP contribution < -0.4 is 13.6 Å². The van der Waals surface area contributed by atoms with Crippen LogP contribution in [-0.4, -0.2) is 0 Å². The number of para-hydroxylation sites is 3. The molecule has 0 aliphatic carbocycles. The van der Waals surface area contributed by atoms with E-state index in [1.165, 1.54) is 0 Å². The van der Waals surface area contributed by atoms with Gasteiger partial charge in [0.25, 0.3) is 0 Å². The zero-order valence-electron chi connectivity index (χ0n) is 17.8. The summed E-state index contributed by atoms with van der Waals surface area (Å²) in [7, 11) is 0. The fourth-order valence-electron chi connectivity index (χ4n) is 3.22. The van der Waals surface area contributed by atoms with E-state index in [1.54, 1.807) is 0 Å². The highest BCUT2D eigenvalue weighted by Gasteiger charge is 2.30. The molecule has 0 radical (unpaired) electrons. The lowest BCUT2D eigenvalue weighted by Crippen LogP contribution is -2.11. The van der Waals surface area contributed by atoms with E-state index in [-0.39, 0.29) is 0 Å². The largest absolute Gasteiger partial charge is 0.490 e. The number of aryl methyl sites for hydroxylation is 6. The Morgan fingerprint density at radius 2 is 0.690 bits per heavy atom. The molecule has 0 N–H and O–H groups in total. The molecule has 0 fully saturated rings. The Morgan fingerprint density at radius 1 is 0.483 bits per heavy atom. The molecule has 0 saturated heterocycles. The third-order valence-electron chi connectivity index (χ3n) is 4.84. The Kier molecular flexibility index (Phi) is 6.36. The molecule has 3 aromatic carbocycles. The molecule has 0 amide bonds. The number of hydrogen-bond donors (Lipinski definition) is 0. The summed E-state index contributed by atoms with van der Waals surface area (Å²) in [6, 6.07) is 18.0. The van der Waals surface area contributed by atoms with Gasteiger partial charge in [-0.2, -0.15) is 0 Å². The smallest absolute Gasteiger partial charge is 0.407 e. The molecule has 29 heavy (non-hydrogen) atoms. The topological polar surface area (TPSA) is 27.7 Å². The van der Waals surface area contributed by atoms with Gasteiger partial charge in [0.1, 0.15) is 17.2 Å². The van der Waals surface area contributed by atoms with Gasteiger partial charge in [0.2, 0.25) is 0 Å². The second kappa shape index (κ2) is 8.61. The molecule has 0 heterocycles. The maximum atomic E-state index is 6.37. The molecule has 5 heteroatoms. The van der Waals surface area contributed by atoms with Crippen molar-refractivity contribution in [1.29, 1.82) is 0 Å². The van der Waals surface area contributed by atoms with Crippen LogP contribution >= 0.6 is 6.72 Å². The van der Waals surface area contributed by atoms with Gasteiger partial charge in [0, 0.05) is 11.8 Å². The molecular weight excluding hydrogens is 399 g/mol. The molecule has 0 aromatic heterocycles. The summed E-state index contributed by atoms with van der Waals surface area (Å²) in [5.41, 5.74) is 5.97. The lowest BCUT2D eigenvalue weighted by Gasteiger charge is -2.27. The molecule has 3 rings (SSSR count). The first kappa shape index (κ1) is 21.4. The fraction of sp³-hybridized carbons (Fsp3) is 0.250. The Balaban J connectivity index is 2.09. The van der Waals surface area contributed by atoms with Crippen LogP contribution in [0.15, 0.2) is 54.6 Å². The second-order valence-electron chi connectivity index (χ2n) is 7.38. The van der Waals surface area contributed by atoms with Crippen LogP contribution in [0.3, 0.4) is 0 Å². The summed E-state index contributed by atoms with van der Waals surface area (Å²) in [6.45, 7) is 8.79. The van der Waals surface area contributed by atoms with E-state index in [9.17, 15) is 0 Å². The van der Waals surface area contributed by atoms with Crippen LogP contribution in [0.1, 0.15) is 33.4 Å². The molecule has 0 saturated carbocycles. The minimum atomic E-state index is -3.21. The summed E-state index contributed by atoms with van der Waals surface area (Å²) in [5.74, 6) is 2.15. The van der Waals surface area contributed by atoms with Gasteiger partial charge in [-0.15, -0.1) is 0 Å². The quantitative estimate of drug-likeness (QED) is 0.387. The van der Waals surface area contributed by atoms with Crippen LogP contribution in [0.5, 0.6) is 17.2 Å². The first-order valence-electron chi connectivity index (χ1n) is 9.57. The Hall–Kier alpha value is -2.29. The molecule has 3 nitrogen and oxygen atoms in total. The lowest BCUT2D eigenvalue weighted by molar-refractivity contribution is 0.377. The molecular formula is C24H27O3PS. The molecule has 0 unspecified atom stereocenters. The van der Waals surface area contributed by atoms with Gasteiger partial charge in [0.15, 0.2) is 0 Å². The highest BCUT2D eigenvalue weighted by Crippen LogP contribution is 2.53. The molecule has 152 valence electrons. The van der Waals surface area contributed by atoms with Gasteiger partial charge in [-0.05, 0) is 74.9 Å². The van der Waals surface area contributed by atoms with Gasteiger partial charge >= 0.3 is 6.72 Å². The summed E-state index contributed by atoms with van der Waals surface area (Å²) < 4.78 is 19.1. The van der Waals surface area contributed by atoms with Gasteiger partial charge < -0.3 is 13.6 Å². The number of hydrogen-bond acceptors (Lipinski definition) is 4. The van der Waals surface area contributed by atoms with Crippen LogP contribution in [0.25, 0.3) is 0 Å². The fourth-order valence-corrected chi connectivity index (χ4v) is 5.54. The van der Waals surface area contributed by atoms with E-state index in [2.05, 4.69) is 0 Å². The third kappa shape index (κ3) is 4.83.